The molecule has 0 saturated heterocycles. The number of hydrogen-bond donors (Lipinski definition) is 0. The number of amides is 1. The van der Waals surface area contributed by atoms with Crippen LogP contribution in [0.15, 0.2) is 47.1 Å². The topological polar surface area (TPSA) is 42.4 Å². The van der Waals surface area contributed by atoms with Gasteiger partial charge in [0.2, 0.25) is 0 Å². The lowest BCUT2D eigenvalue weighted by molar-refractivity contribution is 0.0992. The SMILES string of the molecule is COc1ccc(C(=O)N(C)c2ccc(Br)cn2)cc1. The Labute approximate surface area is 120 Å². The van der Waals surface area contributed by atoms with Gasteiger partial charge in [0.15, 0.2) is 0 Å². The van der Waals surface area contributed by atoms with Gasteiger partial charge in [-0.25, -0.2) is 4.98 Å². The van der Waals surface area contributed by atoms with E-state index in [1.165, 1.54) is 4.90 Å². The summed E-state index contributed by atoms with van der Waals surface area (Å²) < 4.78 is 5.94. The van der Waals surface area contributed by atoms with Crippen LogP contribution in [0.1, 0.15) is 10.4 Å². The lowest BCUT2D eigenvalue weighted by atomic mass is 10.2. The molecule has 19 heavy (non-hydrogen) atoms. The maximum atomic E-state index is 12.3. The van der Waals surface area contributed by atoms with E-state index in [1.807, 2.05) is 6.07 Å². The molecule has 0 radical (unpaired) electrons. The minimum Gasteiger partial charge on any atom is -0.497 e. The summed E-state index contributed by atoms with van der Waals surface area (Å²) in [6.45, 7) is 0. The molecule has 0 saturated carbocycles. The number of halogens is 1. The number of nitrogens with zero attached hydrogens (tertiary/aromatic N) is 2. The van der Waals surface area contributed by atoms with Gasteiger partial charge < -0.3 is 4.74 Å². The number of pyridine rings is 1. The number of aromatic nitrogens is 1. The third kappa shape index (κ3) is 3.12. The van der Waals surface area contributed by atoms with E-state index in [0.29, 0.717) is 11.4 Å². The van der Waals surface area contributed by atoms with Gasteiger partial charge in [0.1, 0.15) is 11.6 Å². The number of carbonyl (C=O) groups excluding carboxylic acids is 1. The second-order valence-corrected chi connectivity index (χ2v) is 4.84. The van der Waals surface area contributed by atoms with Gasteiger partial charge >= 0.3 is 0 Å². The van der Waals surface area contributed by atoms with Crippen molar-refractivity contribution in [2.45, 2.75) is 0 Å². The van der Waals surface area contributed by atoms with Gasteiger partial charge in [-0.3, -0.25) is 9.69 Å². The van der Waals surface area contributed by atoms with Crippen LogP contribution in [-0.4, -0.2) is 25.0 Å². The maximum Gasteiger partial charge on any atom is 0.259 e. The third-order valence-electron chi connectivity index (χ3n) is 2.70. The fraction of sp³-hybridized carbons (Fsp3) is 0.143. The van der Waals surface area contributed by atoms with E-state index in [1.54, 1.807) is 50.7 Å². The summed E-state index contributed by atoms with van der Waals surface area (Å²) in [5.41, 5.74) is 0.591. The van der Waals surface area contributed by atoms with Crippen LogP contribution in [0.3, 0.4) is 0 Å². The molecule has 1 aromatic heterocycles. The molecule has 2 rings (SSSR count). The largest absolute Gasteiger partial charge is 0.497 e. The van der Waals surface area contributed by atoms with Gasteiger partial charge in [0.05, 0.1) is 7.11 Å². The Hall–Kier alpha value is -1.88. The van der Waals surface area contributed by atoms with Gasteiger partial charge in [-0.05, 0) is 52.3 Å². The van der Waals surface area contributed by atoms with Crippen LogP contribution in [0.25, 0.3) is 0 Å². The van der Waals surface area contributed by atoms with Crippen LogP contribution in [0.5, 0.6) is 5.75 Å². The fourth-order valence-corrected chi connectivity index (χ4v) is 1.83. The number of anilines is 1. The second-order valence-electron chi connectivity index (χ2n) is 3.93. The first-order chi connectivity index (χ1) is 9.11. The van der Waals surface area contributed by atoms with E-state index < -0.39 is 0 Å². The van der Waals surface area contributed by atoms with E-state index in [9.17, 15) is 4.79 Å². The quantitative estimate of drug-likeness (QED) is 0.872. The summed E-state index contributed by atoms with van der Waals surface area (Å²) in [6, 6.07) is 10.6. The average Bonchev–Trinajstić information content (AvgIpc) is 2.46. The van der Waals surface area contributed by atoms with Gasteiger partial charge in [0.25, 0.3) is 5.91 Å². The Balaban J connectivity index is 2.20. The summed E-state index contributed by atoms with van der Waals surface area (Å²) in [4.78, 5) is 18.0. The maximum absolute atomic E-state index is 12.3. The van der Waals surface area contributed by atoms with Gasteiger partial charge in [-0.1, -0.05) is 0 Å². The van der Waals surface area contributed by atoms with Gasteiger partial charge in [-0.15, -0.1) is 0 Å². The van der Waals surface area contributed by atoms with Crippen LogP contribution >= 0.6 is 15.9 Å². The van der Waals surface area contributed by atoms with Crippen molar-refractivity contribution in [1.82, 2.24) is 4.98 Å². The molecule has 0 spiro atoms. The number of rotatable bonds is 3. The number of benzene rings is 1. The third-order valence-corrected chi connectivity index (χ3v) is 3.17. The van der Waals surface area contributed by atoms with Crippen LogP contribution < -0.4 is 9.64 Å². The Morgan fingerprint density at radius 2 is 1.89 bits per heavy atom. The summed E-state index contributed by atoms with van der Waals surface area (Å²) in [5, 5.41) is 0. The van der Waals surface area contributed by atoms with Gasteiger partial charge in [-0.2, -0.15) is 0 Å². The smallest absolute Gasteiger partial charge is 0.259 e. The molecule has 0 unspecified atom stereocenters. The van der Waals surface area contributed by atoms with E-state index in [-0.39, 0.29) is 5.91 Å². The van der Waals surface area contributed by atoms with Crippen molar-refractivity contribution in [2.24, 2.45) is 0 Å². The predicted octanol–water partition coefficient (Wildman–Crippen LogP) is 3.13. The van der Waals surface area contributed by atoms with E-state index in [4.69, 9.17) is 4.74 Å². The fourth-order valence-electron chi connectivity index (χ4n) is 1.60. The zero-order valence-electron chi connectivity index (χ0n) is 10.6. The molecule has 0 aliphatic heterocycles. The normalized spacial score (nSPS) is 10.1. The predicted molar refractivity (Wildman–Crippen MR) is 77.7 cm³/mol. The molecule has 0 fully saturated rings. The highest BCUT2D eigenvalue weighted by molar-refractivity contribution is 9.10. The average molecular weight is 321 g/mol. The minimum absolute atomic E-state index is 0.113. The van der Waals surface area contributed by atoms with E-state index in [2.05, 4.69) is 20.9 Å². The summed E-state index contributed by atoms with van der Waals surface area (Å²) in [7, 11) is 3.29. The number of carbonyl (C=O) groups is 1. The number of methoxy groups -OCH3 is 1. The second kappa shape index (κ2) is 5.84. The van der Waals surface area contributed by atoms with Crippen molar-refractivity contribution in [1.29, 1.82) is 0 Å². The van der Waals surface area contributed by atoms with Crippen molar-refractivity contribution in [3.8, 4) is 5.75 Å². The monoisotopic (exact) mass is 320 g/mol. The molecule has 98 valence electrons. The number of ether oxygens (including phenoxy) is 1. The van der Waals surface area contributed by atoms with Crippen molar-refractivity contribution in [2.75, 3.05) is 19.1 Å². The first-order valence-corrected chi connectivity index (χ1v) is 6.45. The molecular weight excluding hydrogens is 308 g/mol. The van der Waals surface area contributed by atoms with Crippen molar-refractivity contribution >= 4 is 27.7 Å². The molecule has 0 atom stereocenters. The molecule has 1 amide bonds. The highest BCUT2D eigenvalue weighted by Crippen LogP contribution is 2.17. The lowest BCUT2D eigenvalue weighted by Gasteiger charge is -2.16. The van der Waals surface area contributed by atoms with E-state index in [0.717, 1.165) is 10.2 Å². The Morgan fingerprint density at radius 1 is 1.21 bits per heavy atom. The highest BCUT2D eigenvalue weighted by atomic mass is 79.9. The van der Waals surface area contributed by atoms with Crippen LogP contribution in [0.2, 0.25) is 0 Å². The standard InChI is InChI=1S/C14H13BrN2O2/c1-17(13-8-5-11(15)9-16-13)14(18)10-3-6-12(19-2)7-4-10/h3-9H,1-2H3. The van der Waals surface area contributed by atoms with Crippen molar-refractivity contribution in [3.05, 3.63) is 52.6 Å². The molecule has 5 heteroatoms. The molecule has 0 bridgehead atoms. The molecule has 0 N–H and O–H groups in total. The molecule has 1 heterocycles. The zero-order chi connectivity index (χ0) is 13.8. The molecule has 0 aliphatic rings. The zero-order valence-corrected chi connectivity index (χ0v) is 12.2. The first kappa shape index (κ1) is 13.5. The number of hydrogen-bond acceptors (Lipinski definition) is 3. The summed E-state index contributed by atoms with van der Waals surface area (Å²) in [5.74, 6) is 1.21. The van der Waals surface area contributed by atoms with Crippen molar-refractivity contribution in [3.63, 3.8) is 0 Å². The molecule has 1 aromatic carbocycles. The van der Waals surface area contributed by atoms with Crippen molar-refractivity contribution < 1.29 is 9.53 Å². The van der Waals surface area contributed by atoms with Gasteiger partial charge in [0, 0.05) is 23.3 Å². The lowest BCUT2D eigenvalue weighted by Crippen LogP contribution is -2.26. The van der Waals surface area contributed by atoms with E-state index >= 15 is 0 Å². The Bertz CT molecular complexity index is 567. The van der Waals surface area contributed by atoms with Crippen LogP contribution in [-0.2, 0) is 0 Å². The Morgan fingerprint density at radius 3 is 2.42 bits per heavy atom. The summed E-state index contributed by atoms with van der Waals surface area (Å²) in [6.07, 6.45) is 1.66. The minimum atomic E-state index is -0.113. The highest BCUT2D eigenvalue weighted by Gasteiger charge is 2.14. The van der Waals surface area contributed by atoms with Crippen LogP contribution in [0.4, 0.5) is 5.82 Å². The first-order valence-electron chi connectivity index (χ1n) is 5.65. The summed E-state index contributed by atoms with van der Waals surface area (Å²) >= 11 is 3.31. The van der Waals surface area contributed by atoms with Crippen LogP contribution in [0, 0.1) is 0 Å². The molecular formula is C14H13BrN2O2. The molecule has 4 nitrogen and oxygen atoms in total. The molecule has 0 aliphatic carbocycles. The Kier molecular flexibility index (Phi) is 4.16. The molecule has 2 aromatic rings.